The SMILES string of the molecule is COc1cc2c(nc1-c1cccc3c1CC(F)C3)c(-c1ccc(C3=CCN(C(=O)OC(C)(C)C)CC3)nc1)nn2C(=O)OC(C)(C)C. The summed E-state index contributed by atoms with van der Waals surface area (Å²) >= 11 is 0. The number of halogens is 1. The van der Waals surface area contributed by atoms with E-state index in [0.29, 0.717) is 66.1 Å². The molecule has 1 aromatic carbocycles. The highest BCUT2D eigenvalue weighted by atomic mass is 19.1. The molecule has 1 atom stereocenters. The molecule has 47 heavy (non-hydrogen) atoms. The van der Waals surface area contributed by atoms with Crippen LogP contribution in [0.1, 0.15) is 64.8 Å². The van der Waals surface area contributed by atoms with Crippen LogP contribution < -0.4 is 4.74 Å². The van der Waals surface area contributed by atoms with E-state index in [1.807, 2.05) is 57.2 Å². The van der Waals surface area contributed by atoms with E-state index in [9.17, 15) is 14.0 Å². The molecule has 0 saturated carbocycles. The van der Waals surface area contributed by atoms with Crippen LogP contribution in [0.3, 0.4) is 0 Å². The lowest BCUT2D eigenvalue weighted by Gasteiger charge is -2.29. The van der Waals surface area contributed by atoms with Gasteiger partial charge in [-0.1, -0.05) is 24.3 Å². The number of amides is 1. The third kappa shape index (κ3) is 6.70. The van der Waals surface area contributed by atoms with E-state index in [1.54, 1.807) is 37.9 Å². The maximum Gasteiger partial charge on any atom is 0.435 e. The molecule has 4 aromatic rings. The van der Waals surface area contributed by atoms with Crippen molar-refractivity contribution in [3.63, 3.8) is 0 Å². The minimum Gasteiger partial charge on any atom is -0.494 e. The van der Waals surface area contributed by atoms with E-state index >= 15 is 0 Å². The van der Waals surface area contributed by atoms with Gasteiger partial charge in [0.15, 0.2) is 0 Å². The molecule has 1 amide bonds. The number of pyridine rings is 2. The smallest absolute Gasteiger partial charge is 0.435 e. The normalized spacial score (nSPS) is 16.6. The topological polar surface area (TPSA) is 109 Å². The molecule has 0 N–H and O–H groups in total. The Balaban J connectivity index is 1.39. The number of ether oxygens (including phenoxy) is 3. The van der Waals surface area contributed by atoms with Crippen LogP contribution in [0.5, 0.6) is 5.75 Å². The van der Waals surface area contributed by atoms with Gasteiger partial charge in [-0.3, -0.25) is 4.98 Å². The Hall–Kier alpha value is -4.80. The number of hydrogen-bond donors (Lipinski definition) is 0. The van der Waals surface area contributed by atoms with E-state index in [-0.39, 0.29) is 6.09 Å². The van der Waals surface area contributed by atoms with Gasteiger partial charge in [-0.15, -0.1) is 0 Å². The molecule has 246 valence electrons. The van der Waals surface area contributed by atoms with Crippen LogP contribution in [-0.4, -0.2) is 74.4 Å². The molecule has 0 radical (unpaired) electrons. The van der Waals surface area contributed by atoms with Crippen molar-refractivity contribution in [2.24, 2.45) is 0 Å². The van der Waals surface area contributed by atoms with Gasteiger partial charge in [0.25, 0.3) is 0 Å². The van der Waals surface area contributed by atoms with E-state index in [0.717, 1.165) is 28.0 Å². The highest BCUT2D eigenvalue weighted by Gasteiger charge is 2.29. The summed E-state index contributed by atoms with van der Waals surface area (Å²) in [6, 6.07) is 11.3. The summed E-state index contributed by atoms with van der Waals surface area (Å²) < 4.78 is 32.7. The Labute approximate surface area is 273 Å². The molecular weight excluding hydrogens is 601 g/mol. The van der Waals surface area contributed by atoms with Crippen LogP contribution >= 0.6 is 0 Å². The van der Waals surface area contributed by atoms with Crippen LogP contribution in [0.4, 0.5) is 14.0 Å². The lowest BCUT2D eigenvalue weighted by Crippen LogP contribution is -2.39. The Morgan fingerprint density at radius 1 is 0.957 bits per heavy atom. The van der Waals surface area contributed by atoms with Gasteiger partial charge in [0.1, 0.15) is 45.5 Å². The molecule has 0 spiro atoms. The third-order valence-corrected chi connectivity index (χ3v) is 8.03. The average Bonchev–Trinajstić information content (AvgIpc) is 3.58. The predicted molar refractivity (Wildman–Crippen MR) is 177 cm³/mol. The average molecular weight is 642 g/mol. The summed E-state index contributed by atoms with van der Waals surface area (Å²) in [6.45, 7) is 11.9. The fraction of sp³-hybridized carbons (Fsp3) is 0.417. The molecule has 6 rings (SSSR count). The van der Waals surface area contributed by atoms with Crippen LogP contribution in [-0.2, 0) is 22.3 Å². The van der Waals surface area contributed by atoms with Gasteiger partial charge in [0, 0.05) is 49.3 Å². The minimum atomic E-state index is -0.949. The van der Waals surface area contributed by atoms with E-state index in [1.165, 1.54) is 11.8 Å². The number of carbonyl (C=O) groups excluding carboxylic acids is 2. The van der Waals surface area contributed by atoms with Crippen LogP contribution in [0.25, 0.3) is 39.1 Å². The van der Waals surface area contributed by atoms with Crippen molar-refractivity contribution < 1.29 is 28.2 Å². The molecule has 11 heteroatoms. The molecule has 3 aromatic heterocycles. The van der Waals surface area contributed by atoms with Gasteiger partial charge in [0.05, 0.1) is 12.8 Å². The molecule has 0 fully saturated rings. The Kier molecular flexibility index (Phi) is 8.27. The van der Waals surface area contributed by atoms with Gasteiger partial charge in [-0.25, -0.2) is 19.0 Å². The number of rotatable bonds is 4. The van der Waals surface area contributed by atoms with E-state index in [4.69, 9.17) is 29.3 Å². The summed E-state index contributed by atoms with van der Waals surface area (Å²) in [5, 5.41) is 4.69. The van der Waals surface area contributed by atoms with Crippen molar-refractivity contribution in [1.29, 1.82) is 0 Å². The number of methoxy groups -OCH3 is 1. The molecule has 0 saturated heterocycles. The minimum absolute atomic E-state index is 0.301. The van der Waals surface area contributed by atoms with Crippen LogP contribution in [0, 0.1) is 0 Å². The standard InChI is InChI=1S/C36H40FN5O5/c1-35(2,3)46-33(43)41-15-13-21(14-16-41)27-12-11-23(20-38-27)30-32-28(42(40-30)34(44)47-36(4,5)6)19-29(45-7)31(39-32)25-10-8-9-22-17-24(37)18-26(22)25/h8-13,19-20,24H,14-18H2,1-7H3. The van der Waals surface area contributed by atoms with Gasteiger partial charge in [-0.05, 0) is 76.8 Å². The molecule has 2 aliphatic rings. The molecular formula is C36H40FN5O5. The lowest BCUT2D eigenvalue weighted by molar-refractivity contribution is 0.0270. The summed E-state index contributed by atoms with van der Waals surface area (Å²) in [5.41, 5.74) is 5.65. The van der Waals surface area contributed by atoms with Crippen molar-refractivity contribution in [3.05, 3.63) is 65.5 Å². The number of alkyl halides is 1. The molecule has 1 aliphatic carbocycles. The van der Waals surface area contributed by atoms with Gasteiger partial charge >= 0.3 is 12.2 Å². The molecule has 10 nitrogen and oxygen atoms in total. The zero-order valence-electron chi connectivity index (χ0n) is 27.9. The van der Waals surface area contributed by atoms with E-state index in [2.05, 4.69) is 0 Å². The Morgan fingerprint density at radius 2 is 1.70 bits per heavy atom. The zero-order chi connectivity index (χ0) is 33.7. The Bertz CT molecular complexity index is 1880. The van der Waals surface area contributed by atoms with Crippen molar-refractivity contribution >= 4 is 28.8 Å². The van der Waals surface area contributed by atoms with Crippen molar-refractivity contribution in [1.82, 2.24) is 24.6 Å². The number of carbonyl (C=O) groups is 2. The first kappa shape index (κ1) is 32.2. The van der Waals surface area contributed by atoms with Gasteiger partial charge < -0.3 is 19.1 Å². The second kappa shape index (κ2) is 12.1. The second-order valence-electron chi connectivity index (χ2n) is 13.9. The summed E-state index contributed by atoms with van der Waals surface area (Å²) in [6.07, 6.45) is 3.05. The first-order valence-corrected chi connectivity index (χ1v) is 15.8. The van der Waals surface area contributed by atoms with Crippen molar-refractivity contribution in [2.45, 2.75) is 78.2 Å². The molecule has 1 aliphatic heterocycles. The third-order valence-electron chi connectivity index (χ3n) is 8.03. The van der Waals surface area contributed by atoms with Crippen molar-refractivity contribution in [2.75, 3.05) is 20.2 Å². The van der Waals surface area contributed by atoms with E-state index < -0.39 is 23.5 Å². The fourth-order valence-corrected chi connectivity index (χ4v) is 5.95. The number of benzene rings is 1. The van der Waals surface area contributed by atoms with Crippen LogP contribution in [0.15, 0.2) is 48.7 Å². The fourth-order valence-electron chi connectivity index (χ4n) is 5.95. The molecule has 4 heterocycles. The Morgan fingerprint density at radius 3 is 2.34 bits per heavy atom. The monoisotopic (exact) mass is 641 g/mol. The summed E-state index contributed by atoms with van der Waals surface area (Å²) in [5.74, 6) is 0.433. The predicted octanol–water partition coefficient (Wildman–Crippen LogP) is 7.41. The first-order chi connectivity index (χ1) is 22.2. The van der Waals surface area contributed by atoms with Gasteiger partial charge in [-0.2, -0.15) is 9.78 Å². The van der Waals surface area contributed by atoms with Crippen molar-refractivity contribution in [3.8, 4) is 28.3 Å². The largest absolute Gasteiger partial charge is 0.494 e. The highest BCUT2D eigenvalue weighted by Crippen LogP contribution is 2.40. The highest BCUT2D eigenvalue weighted by molar-refractivity contribution is 5.97. The first-order valence-electron chi connectivity index (χ1n) is 15.8. The maximum atomic E-state index is 14.5. The number of aromatic nitrogens is 4. The maximum absolute atomic E-state index is 14.5. The van der Waals surface area contributed by atoms with Crippen LogP contribution in [0.2, 0.25) is 0 Å². The quantitative estimate of drug-likeness (QED) is 0.227. The molecule has 0 bridgehead atoms. The summed E-state index contributed by atoms with van der Waals surface area (Å²) in [4.78, 5) is 37.3. The zero-order valence-corrected chi connectivity index (χ0v) is 27.9. The van der Waals surface area contributed by atoms with Gasteiger partial charge in [0.2, 0.25) is 0 Å². The number of hydrogen-bond acceptors (Lipinski definition) is 8. The second-order valence-corrected chi connectivity index (χ2v) is 13.9. The summed E-state index contributed by atoms with van der Waals surface area (Å²) in [7, 11) is 1.54. The lowest BCUT2D eigenvalue weighted by atomic mass is 9.99. The number of nitrogens with zero attached hydrogens (tertiary/aromatic N) is 5. The molecule has 1 unspecified atom stereocenters. The number of fused-ring (bicyclic) bond motifs is 2.